The molecule has 1 saturated heterocycles. The number of nitrogens with one attached hydrogen (secondary N) is 1. The van der Waals surface area contributed by atoms with Crippen LogP contribution in [0.2, 0.25) is 5.02 Å². The Balaban J connectivity index is 1.49. The van der Waals surface area contributed by atoms with Gasteiger partial charge in [0, 0.05) is 61.6 Å². The fraction of sp³-hybridized carbons (Fsp3) is 0.414. The average molecular weight is 523 g/mol. The summed E-state index contributed by atoms with van der Waals surface area (Å²) in [7, 11) is 1.81. The van der Waals surface area contributed by atoms with Gasteiger partial charge < -0.3 is 14.5 Å². The number of H-pyrrole nitrogens is 1. The average Bonchev–Trinajstić information content (AvgIpc) is 3.36. The van der Waals surface area contributed by atoms with Gasteiger partial charge in [-0.05, 0) is 29.8 Å². The summed E-state index contributed by atoms with van der Waals surface area (Å²) in [4.78, 5) is 30.1. The second kappa shape index (κ2) is 11.4. The molecule has 1 aliphatic rings. The van der Waals surface area contributed by atoms with Gasteiger partial charge in [0.2, 0.25) is 5.91 Å². The minimum atomic E-state index is -0.221. The largest absolute Gasteiger partial charge is 0.490 e. The van der Waals surface area contributed by atoms with Gasteiger partial charge in [0.1, 0.15) is 17.5 Å². The summed E-state index contributed by atoms with van der Waals surface area (Å²) in [5.74, 6) is 0.360. The van der Waals surface area contributed by atoms with Gasteiger partial charge in [-0.15, -0.1) is 0 Å². The van der Waals surface area contributed by atoms with Gasteiger partial charge in [-0.1, -0.05) is 68.8 Å². The van der Waals surface area contributed by atoms with Gasteiger partial charge in [-0.25, -0.2) is 0 Å². The van der Waals surface area contributed by atoms with Crippen molar-refractivity contribution in [3.8, 4) is 5.75 Å². The molecule has 4 rings (SSSR count). The molecule has 7 nitrogen and oxygen atoms in total. The maximum Gasteiger partial charge on any atom is 0.274 e. The molecule has 0 radical (unpaired) electrons. The molecule has 0 spiro atoms. The van der Waals surface area contributed by atoms with E-state index in [1.165, 1.54) is 0 Å². The topological polar surface area (TPSA) is 78.5 Å². The predicted molar refractivity (Wildman–Crippen MR) is 145 cm³/mol. The zero-order chi connectivity index (χ0) is 26.6. The number of hydrogen-bond donors (Lipinski definition) is 1. The molecular weight excluding hydrogens is 488 g/mol. The van der Waals surface area contributed by atoms with Gasteiger partial charge >= 0.3 is 0 Å². The van der Waals surface area contributed by atoms with E-state index in [4.69, 9.17) is 16.3 Å². The van der Waals surface area contributed by atoms with Crippen molar-refractivity contribution in [3.05, 3.63) is 82.6 Å². The highest BCUT2D eigenvalue weighted by molar-refractivity contribution is 6.30. The third kappa shape index (κ3) is 6.92. The Hall–Kier alpha value is -3.32. The Morgan fingerprint density at radius 1 is 1.14 bits per heavy atom. The Bertz CT molecular complexity index is 1220. The minimum absolute atomic E-state index is 0.0117. The number of rotatable bonds is 7. The molecule has 0 aliphatic carbocycles. The molecule has 0 unspecified atom stereocenters. The molecule has 2 atom stereocenters. The number of likely N-dealkylation sites (tertiary alicyclic amines) is 1. The van der Waals surface area contributed by atoms with Crippen LogP contribution < -0.4 is 4.74 Å². The molecule has 37 heavy (non-hydrogen) atoms. The smallest absolute Gasteiger partial charge is 0.274 e. The summed E-state index contributed by atoms with van der Waals surface area (Å²) in [6.07, 6.45) is 0.655. The molecule has 8 heteroatoms. The summed E-state index contributed by atoms with van der Waals surface area (Å²) < 4.78 is 6.32. The van der Waals surface area contributed by atoms with E-state index in [0.29, 0.717) is 42.5 Å². The zero-order valence-corrected chi connectivity index (χ0v) is 22.7. The Kier molecular flexibility index (Phi) is 8.22. The summed E-state index contributed by atoms with van der Waals surface area (Å²) in [6.45, 7) is 7.67. The maximum absolute atomic E-state index is 13.3. The second-order valence-electron chi connectivity index (χ2n) is 10.8. The van der Waals surface area contributed by atoms with Crippen molar-refractivity contribution in [3.63, 3.8) is 0 Å². The van der Waals surface area contributed by atoms with Crippen molar-refractivity contribution in [2.24, 2.45) is 5.92 Å². The number of hydrogen-bond acceptors (Lipinski definition) is 4. The summed E-state index contributed by atoms with van der Waals surface area (Å²) in [5.41, 5.74) is 2.23. The highest BCUT2D eigenvalue weighted by atomic mass is 35.5. The van der Waals surface area contributed by atoms with Crippen molar-refractivity contribution in [1.29, 1.82) is 0 Å². The van der Waals surface area contributed by atoms with Crippen LogP contribution in [0, 0.1) is 5.92 Å². The molecular formula is C29H35ClN4O3. The van der Waals surface area contributed by atoms with Crippen molar-refractivity contribution < 1.29 is 14.3 Å². The number of aromatic amines is 1. The summed E-state index contributed by atoms with van der Waals surface area (Å²) >= 11 is 6.16. The molecule has 1 aromatic heterocycles. The first-order valence-electron chi connectivity index (χ1n) is 12.7. The first-order valence-corrected chi connectivity index (χ1v) is 13.0. The highest BCUT2D eigenvalue weighted by Crippen LogP contribution is 2.29. The molecule has 0 saturated carbocycles. The first kappa shape index (κ1) is 26.7. The van der Waals surface area contributed by atoms with Crippen molar-refractivity contribution in [2.75, 3.05) is 20.1 Å². The van der Waals surface area contributed by atoms with Gasteiger partial charge in [-0.2, -0.15) is 5.10 Å². The van der Waals surface area contributed by atoms with Crippen molar-refractivity contribution in [2.45, 2.75) is 51.7 Å². The van der Waals surface area contributed by atoms with E-state index in [1.54, 1.807) is 21.9 Å². The van der Waals surface area contributed by atoms with E-state index in [1.807, 2.05) is 55.6 Å². The van der Waals surface area contributed by atoms with Crippen LogP contribution in [0.3, 0.4) is 0 Å². The molecule has 2 heterocycles. The van der Waals surface area contributed by atoms with Crippen LogP contribution in [0.5, 0.6) is 5.75 Å². The van der Waals surface area contributed by atoms with E-state index in [-0.39, 0.29) is 35.7 Å². The number of piperidine rings is 1. The normalized spacial score (nSPS) is 17.9. The molecule has 3 aromatic rings. The summed E-state index contributed by atoms with van der Waals surface area (Å²) in [5, 5.41) is 7.87. The van der Waals surface area contributed by atoms with Crippen LogP contribution in [0.1, 0.15) is 55.4 Å². The SMILES string of the molecule is CN(Cc1ccccc1)C(=O)C[C@H]1CN(C(=O)c2cc(C(C)(C)C)[nH]n2)CC[C@@H]1Oc1cccc(Cl)c1. The Morgan fingerprint density at radius 2 is 1.89 bits per heavy atom. The minimum Gasteiger partial charge on any atom is -0.490 e. The standard InChI is InChI=1S/C29H35ClN4O3/c1-29(2,3)26-17-24(31-32-26)28(36)34-14-13-25(37-23-12-8-11-22(30)16-23)21(19-34)15-27(35)33(4)18-20-9-6-5-7-10-20/h5-12,16-17,21,25H,13-15,18-19H2,1-4H3,(H,31,32)/t21-,25-/m0/s1. The molecule has 1 N–H and O–H groups in total. The van der Waals surface area contributed by atoms with Crippen LogP contribution >= 0.6 is 11.6 Å². The number of ether oxygens (including phenoxy) is 1. The van der Waals surface area contributed by atoms with Gasteiger partial charge in [0.05, 0.1) is 0 Å². The Morgan fingerprint density at radius 3 is 2.57 bits per heavy atom. The monoisotopic (exact) mass is 522 g/mol. The van der Waals surface area contributed by atoms with Crippen LogP contribution in [-0.2, 0) is 16.8 Å². The third-order valence-electron chi connectivity index (χ3n) is 6.77. The fourth-order valence-corrected chi connectivity index (χ4v) is 4.74. The zero-order valence-electron chi connectivity index (χ0n) is 21.9. The van der Waals surface area contributed by atoms with Gasteiger partial charge in [0.25, 0.3) is 5.91 Å². The lowest BCUT2D eigenvalue weighted by atomic mass is 9.90. The molecule has 1 fully saturated rings. The number of benzene rings is 2. The van der Waals surface area contributed by atoms with Crippen LogP contribution in [0.15, 0.2) is 60.7 Å². The lowest BCUT2D eigenvalue weighted by molar-refractivity contribution is -0.132. The van der Waals surface area contributed by atoms with Crippen molar-refractivity contribution in [1.82, 2.24) is 20.0 Å². The predicted octanol–water partition coefficient (Wildman–Crippen LogP) is 5.32. The lowest BCUT2D eigenvalue weighted by Crippen LogP contribution is -2.49. The molecule has 196 valence electrons. The quantitative estimate of drug-likeness (QED) is 0.455. The van der Waals surface area contributed by atoms with E-state index in [9.17, 15) is 9.59 Å². The molecule has 2 aromatic carbocycles. The van der Waals surface area contributed by atoms with E-state index >= 15 is 0 Å². The van der Waals surface area contributed by atoms with E-state index in [2.05, 4.69) is 31.0 Å². The van der Waals surface area contributed by atoms with Gasteiger partial charge in [-0.3, -0.25) is 14.7 Å². The molecule has 0 bridgehead atoms. The van der Waals surface area contributed by atoms with Gasteiger partial charge in [0.15, 0.2) is 0 Å². The number of aromatic nitrogens is 2. The molecule has 2 amide bonds. The van der Waals surface area contributed by atoms with Crippen LogP contribution in [0.4, 0.5) is 0 Å². The highest BCUT2D eigenvalue weighted by Gasteiger charge is 2.36. The fourth-order valence-electron chi connectivity index (χ4n) is 4.56. The number of halogens is 1. The first-order chi connectivity index (χ1) is 17.6. The van der Waals surface area contributed by atoms with E-state index < -0.39 is 0 Å². The number of amides is 2. The van der Waals surface area contributed by atoms with Crippen LogP contribution in [-0.4, -0.2) is 58.1 Å². The molecule has 1 aliphatic heterocycles. The number of carbonyl (C=O) groups is 2. The maximum atomic E-state index is 13.3. The number of carbonyl (C=O) groups excluding carboxylic acids is 2. The van der Waals surface area contributed by atoms with Crippen molar-refractivity contribution >= 4 is 23.4 Å². The Labute approximate surface area is 223 Å². The summed E-state index contributed by atoms with van der Waals surface area (Å²) in [6, 6.07) is 19.0. The van der Waals surface area contributed by atoms with E-state index in [0.717, 1.165) is 11.3 Å². The third-order valence-corrected chi connectivity index (χ3v) is 7.00. The van der Waals surface area contributed by atoms with Crippen LogP contribution in [0.25, 0.3) is 0 Å². The lowest BCUT2D eigenvalue weighted by Gasteiger charge is -2.38. The second-order valence-corrected chi connectivity index (χ2v) is 11.2. The number of nitrogens with zero attached hydrogens (tertiary/aromatic N) is 3.